The summed E-state index contributed by atoms with van der Waals surface area (Å²) in [5, 5.41) is 0. The second kappa shape index (κ2) is 8.84. The van der Waals surface area contributed by atoms with Crippen LogP contribution < -0.4 is 15.1 Å². The molecule has 0 aliphatic carbocycles. The van der Waals surface area contributed by atoms with Crippen molar-refractivity contribution in [1.82, 2.24) is 4.98 Å². The number of esters is 1. The Bertz CT molecular complexity index is 785. The molecular weight excluding hydrogens is 330 g/mol. The molecule has 0 bridgehead atoms. The molecule has 2 rings (SSSR count). The first kappa shape index (κ1) is 18.5. The Balaban J connectivity index is 2.54. The Hall–Kier alpha value is -2.87. The maximum absolute atomic E-state index is 12.3. The summed E-state index contributed by atoms with van der Waals surface area (Å²) in [6.07, 6.45) is 2.12. The van der Waals surface area contributed by atoms with Gasteiger partial charge >= 0.3 is 11.6 Å². The van der Waals surface area contributed by atoms with Gasteiger partial charge in [0.1, 0.15) is 11.4 Å². The van der Waals surface area contributed by atoms with Crippen molar-refractivity contribution in [3.8, 4) is 22.8 Å². The van der Waals surface area contributed by atoms with Gasteiger partial charge in [-0.3, -0.25) is 4.98 Å². The maximum Gasteiger partial charge on any atom is 0.379 e. The minimum atomic E-state index is -0.803. The van der Waals surface area contributed by atoms with Gasteiger partial charge in [0.2, 0.25) is 11.5 Å². The van der Waals surface area contributed by atoms with E-state index in [9.17, 15) is 9.59 Å². The van der Waals surface area contributed by atoms with Crippen LogP contribution in [0.2, 0.25) is 0 Å². The minimum absolute atomic E-state index is 0.0549. The van der Waals surface area contributed by atoms with Crippen LogP contribution in [0.15, 0.2) is 33.6 Å². The van der Waals surface area contributed by atoms with Gasteiger partial charge in [0.25, 0.3) is 0 Å². The highest BCUT2D eigenvalue weighted by molar-refractivity contribution is 5.88. The number of methoxy groups -OCH3 is 3. The molecule has 8 heteroatoms. The fourth-order valence-corrected chi connectivity index (χ4v) is 2.13. The average molecular weight is 349 g/mol. The lowest BCUT2D eigenvalue weighted by molar-refractivity contribution is 0.0558. The van der Waals surface area contributed by atoms with Crippen molar-refractivity contribution in [3.05, 3.63) is 40.6 Å². The molecule has 0 saturated carbocycles. The number of aromatic nitrogens is 1. The zero-order valence-corrected chi connectivity index (χ0v) is 14.2. The summed E-state index contributed by atoms with van der Waals surface area (Å²) in [7, 11) is 4.24. The summed E-state index contributed by atoms with van der Waals surface area (Å²) in [6, 6.07) is 4.72. The Kier molecular flexibility index (Phi) is 6.53. The highest BCUT2D eigenvalue weighted by atomic mass is 16.5. The van der Waals surface area contributed by atoms with Crippen LogP contribution in [0, 0.1) is 0 Å². The molecule has 0 aliphatic heterocycles. The molecule has 25 heavy (non-hydrogen) atoms. The zero-order valence-electron chi connectivity index (χ0n) is 14.2. The van der Waals surface area contributed by atoms with E-state index in [0.29, 0.717) is 24.5 Å². The van der Waals surface area contributed by atoms with E-state index < -0.39 is 11.6 Å². The first-order valence-electron chi connectivity index (χ1n) is 7.50. The summed E-state index contributed by atoms with van der Waals surface area (Å²) in [4.78, 5) is 28.3. The summed E-state index contributed by atoms with van der Waals surface area (Å²) in [5.74, 6) is -0.662. The number of hydrogen-bond donors (Lipinski definition) is 0. The van der Waals surface area contributed by atoms with Crippen LogP contribution in [-0.2, 0) is 9.47 Å². The summed E-state index contributed by atoms with van der Waals surface area (Å²) in [6.45, 7) is 0.714. The number of rotatable bonds is 8. The molecule has 2 heterocycles. The molecule has 0 radical (unpaired) electrons. The van der Waals surface area contributed by atoms with Gasteiger partial charge in [-0.05, 0) is 12.1 Å². The van der Waals surface area contributed by atoms with Gasteiger partial charge in [0.15, 0.2) is 0 Å². The summed E-state index contributed by atoms with van der Waals surface area (Å²) in [5.41, 5.74) is -0.167. The van der Waals surface area contributed by atoms with Crippen molar-refractivity contribution < 1.29 is 28.2 Å². The Morgan fingerprint density at radius 3 is 2.72 bits per heavy atom. The van der Waals surface area contributed by atoms with Gasteiger partial charge < -0.3 is 23.4 Å². The van der Waals surface area contributed by atoms with E-state index >= 15 is 0 Å². The van der Waals surface area contributed by atoms with Crippen LogP contribution in [-0.4, -0.2) is 45.5 Å². The molecule has 134 valence electrons. The monoisotopic (exact) mass is 349 g/mol. The molecule has 2 aromatic rings. The molecule has 0 aromatic carbocycles. The number of ether oxygens (including phenoxy) is 4. The summed E-state index contributed by atoms with van der Waals surface area (Å²) >= 11 is 0. The van der Waals surface area contributed by atoms with Crippen LogP contribution in [0.5, 0.6) is 11.5 Å². The van der Waals surface area contributed by atoms with Crippen molar-refractivity contribution in [2.45, 2.75) is 6.42 Å². The van der Waals surface area contributed by atoms with E-state index in [1.165, 1.54) is 20.3 Å². The first-order valence-corrected chi connectivity index (χ1v) is 7.50. The van der Waals surface area contributed by atoms with Gasteiger partial charge in [-0.2, -0.15) is 0 Å². The van der Waals surface area contributed by atoms with Crippen LogP contribution in [0.1, 0.15) is 17.0 Å². The van der Waals surface area contributed by atoms with Crippen LogP contribution >= 0.6 is 0 Å². The molecule has 0 spiro atoms. The smallest absolute Gasteiger partial charge is 0.379 e. The van der Waals surface area contributed by atoms with Crippen LogP contribution in [0.3, 0.4) is 0 Å². The number of nitrogens with zero attached hydrogens (tertiary/aromatic N) is 1. The number of pyridine rings is 1. The SMILES string of the molecule is COCCCOc1c(-c2ncccc2OC)cc(C(=O)OC)oc1=O. The molecule has 0 amide bonds. The predicted octanol–water partition coefficient (Wildman–Crippen LogP) is 1.91. The van der Waals surface area contributed by atoms with Gasteiger partial charge in [-0.1, -0.05) is 0 Å². The highest BCUT2D eigenvalue weighted by Crippen LogP contribution is 2.33. The molecule has 0 fully saturated rings. The van der Waals surface area contributed by atoms with E-state index in [1.54, 1.807) is 25.4 Å². The van der Waals surface area contributed by atoms with Crippen molar-refractivity contribution in [3.63, 3.8) is 0 Å². The lowest BCUT2D eigenvalue weighted by Gasteiger charge is -2.12. The molecule has 8 nitrogen and oxygen atoms in total. The first-order chi connectivity index (χ1) is 12.1. The third-order valence-corrected chi connectivity index (χ3v) is 3.28. The van der Waals surface area contributed by atoms with Crippen LogP contribution in [0.25, 0.3) is 11.3 Å². The Labute approximate surface area is 144 Å². The topological polar surface area (TPSA) is 97.1 Å². The van der Waals surface area contributed by atoms with Gasteiger partial charge in [-0.25, -0.2) is 9.59 Å². The number of carbonyl (C=O) groups is 1. The predicted molar refractivity (Wildman–Crippen MR) is 88.1 cm³/mol. The van der Waals surface area contributed by atoms with E-state index in [4.69, 9.17) is 18.6 Å². The lowest BCUT2D eigenvalue weighted by Crippen LogP contribution is -2.14. The van der Waals surface area contributed by atoms with Crippen molar-refractivity contribution in [1.29, 1.82) is 0 Å². The summed E-state index contributed by atoms with van der Waals surface area (Å²) < 4.78 is 25.4. The fourth-order valence-electron chi connectivity index (χ4n) is 2.13. The minimum Gasteiger partial charge on any atom is -0.494 e. The normalized spacial score (nSPS) is 10.4. The fraction of sp³-hybridized carbons (Fsp3) is 0.353. The van der Waals surface area contributed by atoms with Gasteiger partial charge in [0.05, 0.1) is 26.4 Å². The largest absolute Gasteiger partial charge is 0.494 e. The highest BCUT2D eigenvalue weighted by Gasteiger charge is 2.22. The molecule has 0 unspecified atom stereocenters. The van der Waals surface area contributed by atoms with E-state index in [0.717, 1.165) is 0 Å². The van der Waals surface area contributed by atoms with Crippen molar-refractivity contribution in [2.24, 2.45) is 0 Å². The lowest BCUT2D eigenvalue weighted by atomic mass is 10.1. The number of carbonyl (C=O) groups excluding carboxylic acids is 1. The standard InChI is InChI=1S/C17H19NO7/c1-21-8-5-9-24-15-11(14-12(22-2)6-4-7-18-14)10-13(16(19)23-3)25-17(15)20/h4,6-7,10H,5,8-9H2,1-3H3. The van der Waals surface area contributed by atoms with E-state index in [-0.39, 0.29) is 23.7 Å². The van der Waals surface area contributed by atoms with Crippen molar-refractivity contribution >= 4 is 5.97 Å². The molecule has 2 aromatic heterocycles. The molecule has 0 atom stereocenters. The van der Waals surface area contributed by atoms with E-state index in [1.807, 2.05) is 0 Å². The zero-order chi connectivity index (χ0) is 18.2. The Morgan fingerprint density at radius 1 is 1.24 bits per heavy atom. The third-order valence-electron chi connectivity index (χ3n) is 3.28. The average Bonchev–Trinajstić information content (AvgIpc) is 2.65. The van der Waals surface area contributed by atoms with E-state index in [2.05, 4.69) is 9.72 Å². The molecule has 0 saturated heterocycles. The number of hydrogen-bond acceptors (Lipinski definition) is 8. The third kappa shape index (κ3) is 4.36. The van der Waals surface area contributed by atoms with Crippen LogP contribution in [0.4, 0.5) is 0 Å². The Morgan fingerprint density at radius 2 is 2.04 bits per heavy atom. The molecular formula is C17H19NO7. The molecule has 0 aliphatic rings. The van der Waals surface area contributed by atoms with Crippen molar-refractivity contribution in [2.75, 3.05) is 34.5 Å². The second-order valence-electron chi connectivity index (χ2n) is 4.88. The molecule has 0 N–H and O–H groups in total. The maximum atomic E-state index is 12.3. The second-order valence-corrected chi connectivity index (χ2v) is 4.88. The van der Waals surface area contributed by atoms with Gasteiger partial charge in [-0.15, -0.1) is 0 Å². The quantitative estimate of drug-likeness (QED) is 0.527. The van der Waals surface area contributed by atoms with Gasteiger partial charge in [0, 0.05) is 32.4 Å².